The molecule has 1 rings (SSSR count). The van der Waals surface area contributed by atoms with Gasteiger partial charge in [-0.3, -0.25) is 10.6 Å². The van der Waals surface area contributed by atoms with Crippen LogP contribution in [0.4, 0.5) is 21.1 Å². The molecule has 0 bridgehead atoms. The smallest absolute Gasteiger partial charge is 0.413 e. The fourth-order valence-electron chi connectivity index (χ4n) is 1.82. The molecule has 0 aliphatic carbocycles. The van der Waals surface area contributed by atoms with E-state index >= 15 is 0 Å². The summed E-state index contributed by atoms with van der Waals surface area (Å²) in [5.41, 5.74) is -1.000. The Labute approximate surface area is 156 Å². The average molecular weight is 419 g/mol. The molecule has 25 heavy (non-hydrogen) atoms. The maximum Gasteiger partial charge on any atom is 0.413 e. The van der Waals surface area contributed by atoms with Crippen LogP contribution in [0.3, 0.4) is 0 Å². The second kappa shape index (κ2) is 7.63. The molecule has 0 unspecified atom stereocenters. The fourth-order valence-corrected chi connectivity index (χ4v) is 2.27. The van der Waals surface area contributed by atoms with E-state index in [1.54, 1.807) is 46.2 Å². The summed E-state index contributed by atoms with van der Waals surface area (Å²) in [4.78, 5) is 24.2. The molecule has 0 aliphatic heterocycles. The lowest BCUT2D eigenvalue weighted by Gasteiger charge is -2.22. The molecule has 0 aromatic carbocycles. The van der Waals surface area contributed by atoms with Gasteiger partial charge in [0.15, 0.2) is 10.4 Å². The number of halogens is 1. The van der Waals surface area contributed by atoms with E-state index in [1.165, 1.54) is 0 Å². The SMILES string of the molecule is CC(C)n1nc(Br)c(NC(=O)OC(C)(C)C)c1NC(=O)OC(C)(C)C. The summed E-state index contributed by atoms with van der Waals surface area (Å²) < 4.78 is 12.5. The Bertz CT molecular complexity index is 642. The lowest BCUT2D eigenvalue weighted by atomic mass is 10.2. The molecule has 0 spiro atoms. The molecule has 142 valence electrons. The molecule has 0 atom stereocenters. The molecule has 1 heterocycles. The van der Waals surface area contributed by atoms with Crippen molar-refractivity contribution < 1.29 is 19.1 Å². The number of nitrogens with zero attached hydrogens (tertiary/aromatic N) is 2. The third-order valence-electron chi connectivity index (χ3n) is 2.60. The Balaban J connectivity index is 3.12. The third-order valence-corrected chi connectivity index (χ3v) is 3.16. The molecule has 2 amide bonds. The van der Waals surface area contributed by atoms with Crippen molar-refractivity contribution in [3.8, 4) is 0 Å². The Morgan fingerprint density at radius 2 is 1.44 bits per heavy atom. The van der Waals surface area contributed by atoms with Crippen LogP contribution in [0.15, 0.2) is 4.60 Å². The number of carbonyl (C=O) groups excluding carboxylic acids is 2. The predicted molar refractivity (Wildman–Crippen MR) is 100 cm³/mol. The van der Waals surface area contributed by atoms with E-state index in [0.29, 0.717) is 16.1 Å². The molecule has 0 fully saturated rings. The third kappa shape index (κ3) is 6.93. The summed E-state index contributed by atoms with van der Waals surface area (Å²) in [6, 6.07) is -0.0598. The predicted octanol–water partition coefficient (Wildman–Crippen LogP) is 4.92. The van der Waals surface area contributed by atoms with E-state index in [0.717, 1.165) is 0 Å². The lowest BCUT2D eigenvalue weighted by molar-refractivity contribution is 0.0619. The zero-order valence-corrected chi connectivity index (χ0v) is 17.6. The standard InChI is InChI=1S/C16H27BrN4O4/c1-9(2)21-12(19-14(23)25-16(6,7)8)10(11(17)20-21)18-13(22)24-15(3,4)5/h9H,1-8H3,(H,18,22)(H,19,23). The summed E-state index contributed by atoms with van der Waals surface area (Å²) in [6.45, 7) is 14.4. The van der Waals surface area contributed by atoms with Crippen LogP contribution in [0.1, 0.15) is 61.4 Å². The highest BCUT2D eigenvalue weighted by molar-refractivity contribution is 9.10. The second-order valence-corrected chi connectivity index (χ2v) is 8.56. The van der Waals surface area contributed by atoms with Gasteiger partial charge in [-0.1, -0.05) is 0 Å². The average Bonchev–Trinajstić information content (AvgIpc) is 2.63. The minimum Gasteiger partial charge on any atom is -0.444 e. The number of nitrogens with one attached hydrogen (secondary N) is 2. The molecule has 0 saturated heterocycles. The lowest BCUT2D eigenvalue weighted by Crippen LogP contribution is -2.29. The highest BCUT2D eigenvalue weighted by Gasteiger charge is 2.26. The molecular weight excluding hydrogens is 392 g/mol. The second-order valence-electron chi connectivity index (χ2n) is 7.81. The van der Waals surface area contributed by atoms with Crippen LogP contribution in [-0.4, -0.2) is 33.2 Å². The Hall–Kier alpha value is -1.77. The number of hydrogen-bond acceptors (Lipinski definition) is 5. The highest BCUT2D eigenvalue weighted by atomic mass is 79.9. The minimum absolute atomic E-state index is 0.0598. The number of aromatic nitrogens is 2. The minimum atomic E-state index is -0.650. The molecular formula is C16H27BrN4O4. The van der Waals surface area contributed by atoms with Crippen molar-refractivity contribution in [1.29, 1.82) is 0 Å². The monoisotopic (exact) mass is 418 g/mol. The molecule has 9 heteroatoms. The van der Waals surface area contributed by atoms with Gasteiger partial charge in [0, 0.05) is 6.04 Å². The van der Waals surface area contributed by atoms with Crippen molar-refractivity contribution in [2.75, 3.05) is 10.6 Å². The number of amides is 2. The van der Waals surface area contributed by atoms with Crippen molar-refractivity contribution in [2.24, 2.45) is 0 Å². The maximum absolute atomic E-state index is 12.1. The van der Waals surface area contributed by atoms with E-state index in [2.05, 4.69) is 31.7 Å². The van der Waals surface area contributed by atoms with Gasteiger partial charge in [0.1, 0.15) is 16.9 Å². The molecule has 0 radical (unpaired) electrons. The first-order valence-corrected chi connectivity index (χ1v) is 8.77. The van der Waals surface area contributed by atoms with Crippen molar-refractivity contribution in [3.63, 3.8) is 0 Å². The summed E-state index contributed by atoms with van der Waals surface area (Å²) in [6.07, 6.45) is -1.29. The highest BCUT2D eigenvalue weighted by Crippen LogP contribution is 2.33. The largest absolute Gasteiger partial charge is 0.444 e. The van der Waals surface area contributed by atoms with Gasteiger partial charge in [-0.25, -0.2) is 14.3 Å². The van der Waals surface area contributed by atoms with Crippen LogP contribution in [0.2, 0.25) is 0 Å². The molecule has 1 aromatic rings. The molecule has 2 N–H and O–H groups in total. The van der Waals surface area contributed by atoms with Gasteiger partial charge in [-0.05, 0) is 71.3 Å². The van der Waals surface area contributed by atoms with Crippen molar-refractivity contribution in [3.05, 3.63) is 4.60 Å². The number of rotatable bonds is 3. The van der Waals surface area contributed by atoms with E-state index in [-0.39, 0.29) is 6.04 Å². The van der Waals surface area contributed by atoms with E-state index in [4.69, 9.17) is 9.47 Å². The van der Waals surface area contributed by atoms with Gasteiger partial charge < -0.3 is 9.47 Å². The number of hydrogen-bond donors (Lipinski definition) is 2. The zero-order chi connectivity index (χ0) is 19.6. The summed E-state index contributed by atoms with van der Waals surface area (Å²) >= 11 is 3.30. The fraction of sp³-hybridized carbons (Fsp3) is 0.688. The maximum atomic E-state index is 12.1. The van der Waals surface area contributed by atoms with Gasteiger partial charge in [0.05, 0.1) is 0 Å². The van der Waals surface area contributed by atoms with Gasteiger partial charge >= 0.3 is 12.2 Å². The van der Waals surface area contributed by atoms with E-state index in [1.807, 2.05) is 13.8 Å². The molecule has 8 nitrogen and oxygen atoms in total. The first kappa shape index (κ1) is 21.3. The van der Waals surface area contributed by atoms with E-state index < -0.39 is 23.4 Å². The number of ether oxygens (including phenoxy) is 2. The van der Waals surface area contributed by atoms with Gasteiger partial charge in [-0.15, -0.1) is 0 Å². The van der Waals surface area contributed by atoms with Crippen molar-refractivity contribution in [2.45, 2.75) is 72.6 Å². The number of carbonyl (C=O) groups is 2. The molecule has 0 saturated carbocycles. The zero-order valence-electron chi connectivity index (χ0n) is 16.0. The Kier molecular flexibility index (Phi) is 6.50. The number of anilines is 2. The van der Waals surface area contributed by atoms with Crippen molar-refractivity contribution in [1.82, 2.24) is 9.78 Å². The van der Waals surface area contributed by atoms with Crippen LogP contribution in [0.25, 0.3) is 0 Å². The summed E-state index contributed by atoms with van der Waals surface area (Å²) in [7, 11) is 0. The van der Waals surface area contributed by atoms with Gasteiger partial charge in [-0.2, -0.15) is 5.10 Å². The first-order valence-electron chi connectivity index (χ1n) is 7.97. The summed E-state index contributed by atoms with van der Waals surface area (Å²) in [5.74, 6) is 0.307. The Morgan fingerprint density at radius 3 is 1.84 bits per heavy atom. The van der Waals surface area contributed by atoms with Crippen LogP contribution < -0.4 is 10.6 Å². The van der Waals surface area contributed by atoms with Crippen LogP contribution in [0, 0.1) is 0 Å². The van der Waals surface area contributed by atoms with Crippen LogP contribution in [0.5, 0.6) is 0 Å². The summed E-state index contributed by atoms with van der Waals surface area (Å²) in [5, 5.41) is 9.56. The van der Waals surface area contributed by atoms with Gasteiger partial charge in [0.2, 0.25) is 0 Å². The van der Waals surface area contributed by atoms with Gasteiger partial charge in [0.25, 0.3) is 0 Å². The molecule has 0 aliphatic rings. The molecule has 1 aromatic heterocycles. The normalized spacial score (nSPS) is 12.1. The Morgan fingerprint density at radius 1 is 1.00 bits per heavy atom. The van der Waals surface area contributed by atoms with Crippen molar-refractivity contribution >= 4 is 39.6 Å². The topological polar surface area (TPSA) is 94.5 Å². The van der Waals surface area contributed by atoms with E-state index in [9.17, 15) is 9.59 Å². The first-order chi connectivity index (χ1) is 11.2. The van der Waals surface area contributed by atoms with Crippen LogP contribution in [-0.2, 0) is 9.47 Å². The quantitative estimate of drug-likeness (QED) is 0.725. The van der Waals surface area contributed by atoms with Crippen LogP contribution >= 0.6 is 15.9 Å².